The second-order valence-corrected chi connectivity index (χ2v) is 7.36. The molecule has 9 nitrogen and oxygen atoms in total. The Labute approximate surface area is 185 Å². The van der Waals surface area contributed by atoms with Crippen LogP contribution in [-0.2, 0) is 14.4 Å². The van der Waals surface area contributed by atoms with E-state index in [0.29, 0.717) is 15.7 Å². The number of halogens is 1. The lowest BCUT2D eigenvalue weighted by molar-refractivity contribution is -0.139. The summed E-state index contributed by atoms with van der Waals surface area (Å²) >= 11 is 3.27. The van der Waals surface area contributed by atoms with Crippen LogP contribution in [0.4, 0.5) is 10.5 Å². The quantitative estimate of drug-likeness (QED) is 0.473. The van der Waals surface area contributed by atoms with E-state index < -0.39 is 30.4 Å². The molecule has 31 heavy (non-hydrogen) atoms. The zero-order valence-electron chi connectivity index (χ0n) is 16.5. The number of aryl methyl sites for hydroxylation is 1. The number of carbonyl (C=O) groups is 4. The van der Waals surface area contributed by atoms with Gasteiger partial charge in [0.1, 0.15) is 5.57 Å². The maximum Gasteiger partial charge on any atom is 0.341 e. The van der Waals surface area contributed by atoms with E-state index >= 15 is 0 Å². The SMILES string of the molecule is COc1cc(/C=C2\C(=O)NC(=O)N(c3ccc(C)cc3)C2=O)cc(Br)c1OCC(=O)O. The number of carboxylic acids is 1. The number of rotatable bonds is 6. The number of amides is 4. The van der Waals surface area contributed by atoms with E-state index in [1.165, 1.54) is 25.3 Å². The lowest BCUT2D eigenvalue weighted by Gasteiger charge is -2.26. The first-order chi connectivity index (χ1) is 14.7. The van der Waals surface area contributed by atoms with E-state index in [1.807, 2.05) is 6.92 Å². The maximum absolute atomic E-state index is 13.0. The van der Waals surface area contributed by atoms with Crippen LogP contribution >= 0.6 is 15.9 Å². The zero-order valence-corrected chi connectivity index (χ0v) is 18.1. The molecule has 1 heterocycles. The van der Waals surface area contributed by atoms with Gasteiger partial charge in [-0.1, -0.05) is 17.7 Å². The molecule has 2 aromatic rings. The third-order valence-corrected chi connectivity index (χ3v) is 4.89. The Morgan fingerprint density at radius 3 is 2.48 bits per heavy atom. The summed E-state index contributed by atoms with van der Waals surface area (Å²) in [5.41, 5.74) is 1.40. The third kappa shape index (κ3) is 4.75. The molecule has 0 radical (unpaired) electrons. The first-order valence-electron chi connectivity index (χ1n) is 8.91. The van der Waals surface area contributed by atoms with E-state index in [-0.39, 0.29) is 17.1 Å². The van der Waals surface area contributed by atoms with Gasteiger partial charge in [0.25, 0.3) is 11.8 Å². The van der Waals surface area contributed by atoms with Gasteiger partial charge in [-0.2, -0.15) is 0 Å². The Kier molecular flexibility index (Phi) is 6.40. The number of hydrogen-bond donors (Lipinski definition) is 2. The number of ether oxygens (including phenoxy) is 2. The number of aliphatic carboxylic acids is 1. The standard InChI is InChI=1S/C21H17BrN2O7/c1-11-3-5-13(6-4-11)24-20(28)14(19(27)23-21(24)29)7-12-8-15(22)18(16(9-12)30-2)31-10-17(25)26/h3-9H,10H2,1-2H3,(H,25,26)(H,23,27,29)/b14-7+. The molecule has 10 heteroatoms. The lowest BCUT2D eigenvalue weighted by Crippen LogP contribution is -2.54. The molecule has 0 unspecified atom stereocenters. The van der Waals surface area contributed by atoms with Crippen molar-refractivity contribution >= 4 is 51.5 Å². The number of nitrogens with zero attached hydrogens (tertiary/aromatic N) is 1. The molecule has 0 aliphatic carbocycles. The van der Waals surface area contributed by atoms with E-state index in [1.54, 1.807) is 24.3 Å². The molecule has 1 fully saturated rings. The van der Waals surface area contributed by atoms with E-state index in [9.17, 15) is 19.2 Å². The largest absolute Gasteiger partial charge is 0.493 e. The van der Waals surface area contributed by atoms with Crippen molar-refractivity contribution in [3.8, 4) is 11.5 Å². The summed E-state index contributed by atoms with van der Waals surface area (Å²) < 4.78 is 10.8. The topological polar surface area (TPSA) is 122 Å². The second kappa shape index (κ2) is 9.00. The van der Waals surface area contributed by atoms with Crippen LogP contribution in [0.15, 0.2) is 46.4 Å². The minimum Gasteiger partial charge on any atom is -0.493 e. The molecule has 1 saturated heterocycles. The molecule has 0 atom stereocenters. The molecule has 0 aromatic heterocycles. The fourth-order valence-electron chi connectivity index (χ4n) is 2.85. The second-order valence-electron chi connectivity index (χ2n) is 6.51. The summed E-state index contributed by atoms with van der Waals surface area (Å²) in [6.07, 6.45) is 1.31. The average Bonchev–Trinajstić information content (AvgIpc) is 2.71. The van der Waals surface area contributed by atoms with Crippen molar-refractivity contribution in [2.45, 2.75) is 6.92 Å². The molecule has 0 bridgehead atoms. The number of anilines is 1. The lowest BCUT2D eigenvalue weighted by atomic mass is 10.1. The number of carboxylic acid groups (broad SMARTS) is 1. The van der Waals surface area contributed by atoms with Gasteiger partial charge in [-0.15, -0.1) is 0 Å². The summed E-state index contributed by atoms with van der Waals surface area (Å²) in [6.45, 7) is 1.29. The average molecular weight is 489 g/mol. The molecule has 0 spiro atoms. The van der Waals surface area contributed by atoms with Crippen LogP contribution in [0, 0.1) is 6.92 Å². The predicted octanol–water partition coefficient (Wildman–Crippen LogP) is 2.90. The monoisotopic (exact) mass is 488 g/mol. The Morgan fingerprint density at radius 1 is 1.19 bits per heavy atom. The van der Waals surface area contributed by atoms with Crippen LogP contribution in [0.5, 0.6) is 11.5 Å². The van der Waals surface area contributed by atoms with E-state index in [0.717, 1.165) is 10.5 Å². The van der Waals surface area contributed by atoms with Gasteiger partial charge in [-0.3, -0.25) is 14.9 Å². The Hall–Kier alpha value is -3.66. The first kappa shape index (κ1) is 22.0. The molecule has 0 saturated carbocycles. The van der Waals surface area contributed by atoms with Gasteiger partial charge in [0.15, 0.2) is 18.1 Å². The fraction of sp³-hybridized carbons (Fsp3) is 0.143. The number of nitrogens with one attached hydrogen (secondary N) is 1. The van der Waals surface area contributed by atoms with Crippen molar-refractivity contribution in [2.75, 3.05) is 18.6 Å². The summed E-state index contributed by atoms with van der Waals surface area (Å²) in [5, 5.41) is 11.0. The molecule has 160 valence electrons. The van der Waals surface area contributed by atoms with Crippen molar-refractivity contribution in [1.82, 2.24) is 5.32 Å². The van der Waals surface area contributed by atoms with Crippen molar-refractivity contribution in [3.63, 3.8) is 0 Å². The van der Waals surface area contributed by atoms with Crippen LogP contribution in [-0.4, -0.2) is 42.6 Å². The molecule has 2 aromatic carbocycles. The van der Waals surface area contributed by atoms with E-state index in [4.69, 9.17) is 14.6 Å². The molecular weight excluding hydrogens is 472 g/mol. The van der Waals surface area contributed by atoms with Crippen molar-refractivity contribution in [2.24, 2.45) is 0 Å². The Bertz CT molecular complexity index is 1110. The third-order valence-electron chi connectivity index (χ3n) is 4.30. The normalized spacial score (nSPS) is 15.1. The molecule has 1 aliphatic rings. The predicted molar refractivity (Wildman–Crippen MR) is 114 cm³/mol. The summed E-state index contributed by atoms with van der Waals surface area (Å²) in [5.74, 6) is -2.43. The van der Waals surface area contributed by atoms with Crippen molar-refractivity contribution < 1.29 is 33.8 Å². The van der Waals surface area contributed by atoms with E-state index in [2.05, 4.69) is 21.2 Å². The Balaban J connectivity index is 1.99. The number of hydrogen-bond acceptors (Lipinski definition) is 6. The van der Waals surface area contributed by atoms with Gasteiger partial charge in [0.05, 0.1) is 17.3 Å². The number of urea groups is 1. The number of benzene rings is 2. The number of methoxy groups -OCH3 is 1. The van der Waals surface area contributed by atoms with Crippen LogP contribution in [0.1, 0.15) is 11.1 Å². The summed E-state index contributed by atoms with van der Waals surface area (Å²) in [6, 6.07) is 8.86. The highest BCUT2D eigenvalue weighted by molar-refractivity contribution is 9.10. The fourth-order valence-corrected chi connectivity index (χ4v) is 3.42. The smallest absolute Gasteiger partial charge is 0.341 e. The van der Waals surface area contributed by atoms with Gasteiger partial charge in [-0.25, -0.2) is 14.5 Å². The molecule has 2 N–H and O–H groups in total. The van der Waals surface area contributed by atoms with Crippen molar-refractivity contribution in [1.29, 1.82) is 0 Å². The van der Waals surface area contributed by atoms with Crippen molar-refractivity contribution in [3.05, 3.63) is 57.6 Å². The molecular formula is C21H17BrN2O7. The zero-order chi connectivity index (χ0) is 22.7. The molecule has 4 amide bonds. The minimum absolute atomic E-state index is 0.155. The van der Waals surface area contributed by atoms with Gasteiger partial charge < -0.3 is 14.6 Å². The van der Waals surface area contributed by atoms with Gasteiger partial charge in [-0.05, 0) is 58.8 Å². The first-order valence-corrected chi connectivity index (χ1v) is 9.71. The maximum atomic E-state index is 13.0. The number of barbiturate groups is 1. The van der Waals surface area contributed by atoms with Gasteiger partial charge in [0, 0.05) is 0 Å². The minimum atomic E-state index is -1.16. The van der Waals surface area contributed by atoms with Crippen LogP contribution in [0.25, 0.3) is 6.08 Å². The molecule has 3 rings (SSSR count). The highest BCUT2D eigenvalue weighted by Gasteiger charge is 2.36. The summed E-state index contributed by atoms with van der Waals surface area (Å²) in [4.78, 5) is 49.2. The highest BCUT2D eigenvalue weighted by Crippen LogP contribution is 2.37. The number of carbonyl (C=O) groups excluding carboxylic acids is 3. The van der Waals surface area contributed by atoms with Crippen LogP contribution < -0.4 is 19.7 Å². The van der Waals surface area contributed by atoms with Crippen LogP contribution in [0.2, 0.25) is 0 Å². The highest BCUT2D eigenvalue weighted by atomic mass is 79.9. The van der Waals surface area contributed by atoms with Gasteiger partial charge in [0.2, 0.25) is 0 Å². The number of imide groups is 2. The Morgan fingerprint density at radius 2 is 1.87 bits per heavy atom. The molecule has 1 aliphatic heterocycles. The van der Waals surface area contributed by atoms with Crippen LogP contribution in [0.3, 0.4) is 0 Å². The van der Waals surface area contributed by atoms with Gasteiger partial charge >= 0.3 is 12.0 Å². The summed E-state index contributed by atoms with van der Waals surface area (Å²) in [7, 11) is 1.36.